The van der Waals surface area contributed by atoms with Gasteiger partial charge in [0, 0.05) is 24.3 Å². The number of carbonyl (C=O) groups is 1. The van der Waals surface area contributed by atoms with Crippen molar-refractivity contribution in [3.05, 3.63) is 65.4 Å². The number of phenolic OH excluding ortho intramolecular Hbond substituents is 1. The van der Waals surface area contributed by atoms with E-state index in [-0.39, 0.29) is 36.2 Å². The van der Waals surface area contributed by atoms with Crippen LogP contribution in [0.25, 0.3) is 11.3 Å². The summed E-state index contributed by atoms with van der Waals surface area (Å²) in [7, 11) is 0. The summed E-state index contributed by atoms with van der Waals surface area (Å²) in [5.74, 6) is 0.855. The molecule has 0 bridgehead atoms. The predicted octanol–water partition coefficient (Wildman–Crippen LogP) is 5.11. The first-order valence-corrected chi connectivity index (χ1v) is 11.7. The molecule has 2 N–H and O–H groups in total. The largest absolute Gasteiger partial charge is 0.507 e. The number of H-pyrrole nitrogens is 1. The van der Waals surface area contributed by atoms with E-state index in [4.69, 9.17) is 9.47 Å². The van der Waals surface area contributed by atoms with Gasteiger partial charge in [-0.1, -0.05) is 37.6 Å². The van der Waals surface area contributed by atoms with E-state index in [2.05, 4.69) is 17.1 Å². The number of aromatic amines is 1. The molecule has 1 saturated heterocycles. The van der Waals surface area contributed by atoms with Crippen molar-refractivity contribution in [3.63, 3.8) is 0 Å². The summed E-state index contributed by atoms with van der Waals surface area (Å²) in [4.78, 5) is 15.3. The summed E-state index contributed by atoms with van der Waals surface area (Å²) in [5.41, 5.74) is 3.44. The normalized spacial score (nSPS) is 19.2. The number of carbonyl (C=O) groups excluding carboxylic acids is 1. The zero-order valence-corrected chi connectivity index (χ0v) is 20.0. The van der Waals surface area contributed by atoms with Gasteiger partial charge in [-0.05, 0) is 49.1 Å². The first-order chi connectivity index (χ1) is 16.2. The van der Waals surface area contributed by atoms with Crippen LogP contribution in [0.5, 0.6) is 11.5 Å². The van der Waals surface area contributed by atoms with Crippen molar-refractivity contribution in [1.82, 2.24) is 15.1 Å². The molecule has 5 rings (SSSR count). The second-order valence-electron chi connectivity index (χ2n) is 8.64. The molecule has 8 heteroatoms. The summed E-state index contributed by atoms with van der Waals surface area (Å²) in [6.45, 7) is 4.07. The zero-order chi connectivity index (χ0) is 22.8. The van der Waals surface area contributed by atoms with Gasteiger partial charge in [0.15, 0.2) is 0 Å². The highest BCUT2D eigenvalue weighted by molar-refractivity contribution is 6.00. The summed E-state index contributed by atoms with van der Waals surface area (Å²) < 4.78 is 11.7. The Labute approximate surface area is 205 Å². The Balaban J connectivity index is 0.00000274. The number of ether oxygens (including phenoxy) is 2. The van der Waals surface area contributed by atoms with E-state index in [1.165, 1.54) is 0 Å². The van der Waals surface area contributed by atoms with E-state index in [1.54, 1.807) is 12.1 Å². The molecule has 2 aliphatic rings. The molecule has 1 amide bonds. The molecule has 2 aliphatic heterocycles. The van der Waals surface area contributed by atoms with Crippen molar-refractivity contribution in [1.29, 1.82) is 0 Å². The zero-order valence-electron chi connectivity index (χ0n) is 19.2. The number of hydrogen-bond donors (Lipinski definition) is 2. The average molecular weight is 484 g/mol. The first kappa shape index (κ1) is 24.1. The van der Waals surface area contributed by atoms with E-state index in [9.17, 15) is 9.90 Å². The number of rotatable bonds is 8. The Hall–Kier alpha value is -3.03. The highest BCUT2D eigenvalue weighted by atomic mass is 35.5. The third-order valence-electron chi connectivity index (χ3n) is 6.41. The Morgan fingerprint density at radius 1 is 1.21 bits per heavy atom. The molecule has 3 heterocycles. The summed E-state index contributed by atoms with van der Waals surface area (Å²) >= 11 is 0. The van der Waals surface area contributed by atoms with E-state index in [0.29, 0.717) is 30.1 Å². The lowest BCUT2D eigenvalue weighted by atomic mass is 9.95. The number of hydrogen-bond acceptors (Lipinski definition) is 5. The van der Waals surface area contributed by atoms with E-state index in [0.717, 1.165) is 49.2 Å². The van der Waals surface area contributed by atoms with Crippen molar-refractivity contribution in [3.8, 4) is 22.8 Å². The number of amides is 1. The van der Waals surface area contributed by atoms with Crippen LogP contribution in [0.1, 0.15) is 60.3 Å². The molecule has 7 nitrogen and oxygen atoms in total. The number of benzene rings is 2. The molecule has 1 aromatic heterocycles. The summed E-state index contributed by atoms with van der Waals surface area (Å²) in [6.07, 6.45) is 4.07. The number of unbranched alkanes of at least 4 members (excludes halogenated alkanes) is 1. The number of nitrogens with zero attached hydrogens (tertiary/aromatic N) is 2. The number of para-hydroxylation sites is 1. The van der Waals surface area contributed by atoms with Crippen molar-refractivity contribution in [2.24, 2.45) is 0 Å². The van der Waals surface area contributed by atoms with Crippen LogP contribution in [0.2, 0.25) is 0 Å². The van der Waals surface area contributed by atoms with E-state index >= 15 is 0 Å². The number of aromatic nitrogens is 2. The average Bonchev–Trinajstić information content (AvgIpc) is 3.55. The van der Waals surface area contributed by atoms with Crippen molar-refractivity contribution < 1.29 is 19.4 Å². The van der Waals surface area contributed by atoms with Gasteiger partial charge < -0.3 is 19.5 Å². The fourth-order valence-electron chi connectivity index (χ4n) is 4.70. The molecule has 1 fully saturated rings. The maximum absolute atomic E-state index is 13.5. The van der Waals surface area contributed by atoms with Crippen molar-refractivity contribution >= 4 is 18.3 Å². The Bertz CT molecular complexity index is 1130. The third-order valence-corrected chi connectivity index (χ3v) is 6.41. The van der Waals surface area contributed by atoms with Gasteiger partial charge in [-0.2, -0.15) is 5.10 Å². The van der Waals surface area contributed by atoms with Crippen LogP contribution in [0.3, 0.4) is 0 Å². The summed E-state index contributed by atoms with van der Waals surface area (Å²) in [5, 5.41) is 17.9. The highest BCUT2D eigenvalue weighted by Crippen LogP contribution is 2.45. The molecular formula is C26H30ClN3O4. The minimum atomic E-state index is -0.324. The van der Waals surface area contributed by atoms with Gasteiger partial charge in [-0.25, -0.2) is 0 Å². The minimum Gasteiger partial charge on any atom is -0.507 e. The van der Waals surface area contributed by atoms with E-state index in [1.807, 2.05) is 41.3 Å². The second-order valence-corrected chi connectivity index (χ2v) is 8.64. The molecule has 3 aromatic rings. The molecule has 0 aliphatic carbocycles. The smallest absolute Gasteiger partial charge is 0.273 e. The fourth-order valence-corrected chi connectivity index (χ4v) is 4.70. The lowest BCUT2D eigenvalue weighted by molar-refractivity contribution is 0.0495. The van der Waals surface area contributed by atoms with Crippen LogP contribution in [-0.4, -0.2) is 52.0 Å². The number of fused-ring (bicyclic) bond motifs is 1. The number of phenols is 1. The minimum absolute atomic E-state index is 0. The maximum atomic E-state index is 13.5. The number of halogens is 1. The molecular weight excluding hydrogens is 454 g/mol. The molecule has 2 aromatic carbocycles. The van der Waals surface area contributed by atoms with Gasteiger partial charge in [0.2, 0.25) is 0 Å². The van der Waals surface area contributed by atoms with Crippen LogP contribution in [-0.2, 0) is 4.74 Å². The van der Waals surface area contributed by atoms with Gasteiger partial charge in [-0.15, -0.1) is 12.4 Å². The SMILES string of the molecule is CCCCOc1ccc(C2c3c(-c4ccccc4O)n[nH]c3C(=O)N2CC2CCCO2)cc1.Cl. The Kier molecular flexibility index (Phi) is 7.44. The lowest BCUT2D eigenvalue weighted by Crippen LogP contribution is -2.36. The van der Waals surface area contributed by atoms with Crippen LogP contribution in [0, 0.1) is 0 Å². The maximum Gasteiger partial charge on any atom is 0.273 e. The monoisotopic (exact) mass is 483 g/mol. The van der Waals surface area contributed by atoms with Gasteiger partial charge in [0.25, 0.3) is 5.91 Å². The van der Waals surface area contributed by atoms with Gasteiger partial charge in [0.1, 0.15) is 22.9 Å². The quantitative estimate of drug-likeness (QED) is 0.435. The molecule has 0 saturated carbocycles. The van der Waals surface area contributed by atoms with Gasteiger partial charge >= 0.3 is 0 Å². The predicted molar refractivity (Wildman–Crippen MR) is 132 cm³/mol. The fraction of sp³-hybridized carbons (Fsp3) is 0.385. The van der Waals surface area contributed by atoms with Crippen LogP contribution < -0.4 is 4.74 Å². The molecule has 2 unspecified atom stereocenters. The van der Waals surface area contributed by atoms with Crippen LogP contribution in [0.15, 0.2) is 48.5 Å². The third kappa shape index (κ3) is 4.50. The number of nitrogens with one attached hydrogen (secondary N) is 1. The number of aromatic hydroxyl groups is 1. The van der Waals surface area contributed by atoms with Crippen molar-refractivity contribution in [2.45, 2.75) is 44.8 Å². The molecule has 2 atom stereocenters. The Morgan fingerprint density at radius 2 is 2.00 bits per heavy atom. The van der Waals surface area contributed by atoms with Gasteiger partial charge in [0.05, 0.1) is 18.8 Å². The molecule has 34 heavy (non-hydrogen) atoms. The molecule has 180 valence electrons. The topological polar surface area (TPSA) is 87.7 Å². The lowest BCUT2D eigenvalue weighted by Gasteiger charge is -2.28. The van der Waals surface area contributed by atoms with Gasteiger partial charge in [-0.3, -0.25) is 9.89 Å². The standard InChI is InChI=1S/C26H29N3O4.ClH/c1-2-3-14-32-18-12-10-17(11-13-18)25-22-23(20-8-4-5-9-21(20)30)27-28-24(22)26(31)29(25)16-19-7-6-15-33-19;/h4-5,8-13,19,25,30H,2-3,6-7,14-16H2,1H3,(H,27,28);1H. The van der Waals surface area contributed by atoms with Crippen molar-refractivity contribution in [2.75, 3.05) is 19.8 Å². The van der Waals surface area contributed by atoms with Crippen LogP contribution >= 0.6 is 12.4 Å². The Morgan fingerprint density at radius 3 is 2.71 bits per heavy atom. The summed E-state index contributed by atoms with van der Waals surface area (Å²) in [6, 6.07) is 14.7. The van der Waals surface area contributed by atoms with Crippen LogP contribution in [0.4, 0.5) is 0 Å². The highest BCUT2D eigenvalue weighted by Gasteiger charge is 2.43. The second kappa shape index (κ2) is 10.5. The molecule has 0 spiro atoms. The van der Waals surface area contributed by atoms with E-state index < -0.39 is 0 Å². The first-order valence-electron chi connectivity index (χ1n) is 11.7. The molecule has 0 radical (unpaired) electrons.